The van der Waals surface area contributed by atoms with Crippen LogP contribution in [0.15, 0.2) is 12.1 Å². The molecule has 1 aromatic rings. The van der Waals surface area contributed by atoms with Gasteiger partial charge in [-0.25, -0.2) is 4.39 Å². The Kier molecular flexibility index (Phi) is 6.67. The average Bonchev–Trinajstić information content (AvgIpc) is 2.44. The number of aliphatic hydroxyl groups excluding tert-OH is 1. The Balaban J connectivity index is 2.58. The first-order valence-corrected chi connectivity index (χ1v) is 6.50. The number of carbonyl (C=O) groups excluding carboxylic acids is 1. The van der Waals surface area contributed by atoms with Crippen molar-refractivity contribution < 1.29 is 23.6 Å². The molecule has 6 nitrogen and oxygen atoms in total. The molecule has 1 rings (SSSR count). The SMILES string of the molecule is O=C(NCCCCCCO)c1cc(F)c([N+](=O)[O-])cc1F. The Morgan fingerprint density at radius 1 is 1.19 bits per heavy atom. The highest BCUT2D eigenvalue weighted by molar-refractivity contribution is 5.94. The molecule has 0 radical (unpaired) electrons. The standard InChI is InChI=1S/C13H16F2N2O4/c14-10-8-12(17(20)21)11(15)7-9(10)13(19)16-5-3-1-2-4-6-18/h7-8,18H,1-6H2,(H,16,19). The second kappa shape index (κ2) is 8.25. The minimum Gasteiger partial charge on any atom is -0.396 e. The van der Waals surface area contributed by atoms with Gasteiger partial charge in [-0.1, -0.05) is 12.8 Å². The highest BCUT2D eigenvalue weighted by Gasteiger charge is 2.21. The van der Waals surface area contributed by atoms with Crippen molar-refractivity contribution in [3.05, 3.63) is 39.4 Å². The molecule has 2 N–H and O–H groups in total. The first-order valence-electron chi connectivity index (χ1n) is 6.50. The van der Waals surface area contributed by atoms with Gasteiger partial charge < -0.3 is 10.4 Å². The normalized spacial score (nSPS) is 10.4. The van der Waals surface area contributed by atoms with E-state index < -0.39 is 33.7 Å². The summed E-state index contributed by atoms with van der Waals surface area (Å²) in [4.78, 5) is 21.0. The van der Waals surface area contributed by atoms with Crippen LogP contribution in [0.3, 0.4) is 0 Å². The smallest absolute Gasteiger partial charge is 0.307 e. The summed E-state index contributed by atoms with van der Waals surface area (Å²) in [6.45, 7) is 0.391. The number of hydrogen-bond donors (Lipinski definition) is 2. The number of nitro benzene ring substituents is 1. The van der Waals surface area contributed by atoms with Crippen LogP contribution in [-0.2, 0) is 0 Å². The fourth-order valence-electron chi connectivity index (χ4n) is 1.74. The van der Waals surface area contributed by atoms with E-state index in [4.69, 9.17) is 5.11 Å². The van der Waals surface area contributed by atoms with Crippen molar-refractivity contribution in [1.82, 2.24) is 5.32 Å². The number of halogens is 2. The highest BCUT2D eigenvalue weighted by atomic mass is 19.1. The Hall–Kier alpha value is -2.09. The molecule has 0 heterocycles. The van der Waals surface area contributed by atoms with Crippen LogP contribution in [0.1, 0.15) is 36.0 Å². The van der Waals surface area contributed by atoms with E-state index in [0.29, 0.717) is 25.0 Å². The van der Waals surface area contributed by atoms with E-state index in [2.05, 4.69) is 5.32 Å². The van der Waals surface area contributed by atoms with Crippen LogP contribution >= 0.6 is 0 Å². The van der Waals surface area contributed by atoms with Crippen molar-refractivity contribution in [2.75, 3.05) is 13.2 Å². The zero-order valence-corrected chi connectivity index (χ0v) is 11.3. The molecule has 0 bridgehead atoms. The predicted molar refractivity (Wildman–Crippen MR) is 70.9 cm³/mol. The molecule has 8 heteroatoms. The largest absolute Gasteiger partial charge is 0.396 e. The fraction of sp³-hybridized carbons (Fsp3) is 0.462. The maximum absolute atomic E-state index is 13.6. The fourth-order valence-corrected chi connectivity index (χ4v) is 1.74. The van der Waals surface area contributed by atoms with Gasteiger partial charge in [-0.2, -0.15) is 4.39 Å². The van der Waals surface area contributed by atoms with Gasteiger partial charge in [-0.05, 0) is 18.9 Å². The summed E-state index contributed by atoms with van der Waals surface area (Å²) in [6, 6.07) is 0.917. The first kappa shape index (κ1) is 17.0. The highest BCUT2D eigenvalue weighted by Crippen LogP contribution is 2.21. The zero-order chi connectivity index (χ0) is 15.8. The van der Waals surface area contributed by atoms with E-state index in [1.807, 2.05) is 0 Å². The summed E-state index contributed by atoms with van der Waals surface area (Å²) in [5.41, 5.74) is -1.57. The van der Waals surface area contributed by atoms with Gasteiger partial charge in [0.1, 0.15) is 5.82 Å². The van der Waals surface area contributed by atoms with Gasteiger partial charge in [0.15, 0.2) is 0 Å². The molecule has 0 unspecified atom stereocenters. The van der Waals surface area contributed by atoms with E-state index in [-0.39, 0.29) is 13.2 Å². The Morgan fingerprint density at radius 2 is 1.86 bits per heavy atom. The molecule has 116 valence electrons. The molecule has 21 heavy (non-hydrogen) atoms. The van der Waals surface area contributed by atoms with Gasteiger partial charge in [0, 0.05) is 13.2 Å². The van der Waals surface area contributed by atoms with E-state index in [1.165, 1.54) is 0 Å². The quantitative estimate of drug-likeness (QED) is 0.437. The summed E-state index contributed by atoms with van der Waals surface area (Å²) in [5.74, 6) is -3.21. The summed E-state index contributed by atoms with van der Waals surface area (Å²) in [6.07, 6.45) is 2.92. The number of rotatable bonds is 8. The van der Waals surface area contributed by atoms with Crippen LogP contribution in [0, 0.1) is 21.7 Å². The molecule has 0 spiro atoms. The number of hydrogen-bond acceptors (Lipinski definition) is 4. The van der Waals surface area contributed by atoms with Crippen molar-refractivity contribution in [3.63, 3.8) is 0 Å². The first-order chi connectivity index (χ1) is 9.97. The Bertz CT molecular complexity index is 523. The summed E-state index contributed by atoms with van der Waals surface area (Å²) in [5, 5.41) is 21.4. The third-order valence-corrected chi connectivity index (χ3v) is 2.85. The molecule has 0 aliphatic heterocycles. The van der Waals surface area contributed by atoms with Crippen LogP contribution in [0.25, 0.3) is 0 Å². The molecule has 0 saturated heterocycles. The number of nitrogens with one attached hydrogen (secondary N) is 1. The number of amides is 1. The van der Waals surface area contributed by atoms with Crippen LogP contribution in [0.2, 0.25) is 0 Å². The molecule has 0 aliphatic carbocycles. The van der Waals surface area contributed by atoms with E-state index in [1.54, 1.807) is 0 Å². The summed E-state index contributed by atoms with van der Waals surface area (Å²) in [7, 11) is 0. The van der Waals surface area contributed by atoms with Crippen LogP contribution in [0.4, 0.5) is 14.5 Å². The van der Waals surface area contributed by atoms with Gasteiger partial charge in [-0.15, -0.1) is 0 Å². The molecule has 0 aromatic heterocycles. The number of aliphatic hydroxyl groups is 1. The van der Waals surface area contributed by atoms with Gasteiger partial charge in [-0.3, -0.25) is 14.9 Å². The van der Waals surface area contributed by atoms with Gasteiger partial charge >= 0.3 is 5.69 Å². The third kappa shape index (κ3) is 5.07. The van der Waals surface area contributed by atoms with Crippen molar-refractivity contribution in [3.8, 4) is 0 Å². The lowest BCUT2D eigenvalue weighted by molar-refractivity contribution is -0.387. The molecule has 0 atom stereocenters. The average molecular weight is 302 g/mol. The molecule has 0 aliphatic rings. The minimum absolute atomic E-state index is 0.111. The monoisotopic (exact) mass is 302 g/mol. The molecule has 0 fully saturated rings. The number of carbonyl (C=O) groups is 1. The van der Waals surface area contributed by atoms with Gasteiger partial charge in [0.2, 0.25) is 5.82 Å². The van der Waals surface area contributed by atoms with Crippen molar-refractivity contribution in [2.24, 2.45) is 0 Å². The number of nitrogens with zero attached hydrogens (tertiary/aromatic N) is 1. The van der Waals surface area contributed by atoms with Gasteiger partial charge in [0.05, 0.1) is 16.6 Å². The third-order valence-electron chi connectivity index (χ3n) is 2.85. The molecule has 1 aromatic carbocycles. The molecular weight excluding hydrogens is 286 g/mol. The maximum Gasteiger partial charge on any atom is 0.307 e. The topological polar surface area (TPSA) is 92.5 Å². The number of nitro groups is 1. The predicted octanol–water partition coefficient (Wildman–Crippen LogP) is 2.16. The molecular formula is C13H16F2N2O4. The van der Waals surface area contributed by atoms with E-state index >= 15 is 0 Å². The molecule has 1 amide bonds. The van der Waals surface area contributed by atoms with E-state index in [9.17, 15) is 23.7 Å². The minimum atomic E-state index is -1.26. The van der Waals surface area contributed by atoms with Crippen molar-refractivity contribution >= 4 is 11.6 Å². The lowest BCUT2D eigenvalue weighted by Crippen LogP contribution is -2.25. The number of unbranched alkanes of at least 4 members (excludes halogenated alkanes) is 3. The number of benzene rings is 1. The van der Waals surface area contributed by atoms with Crippen molar-refractivity contribution in [1.29, 1.82) is 0 Å². The molecule has 0 saturated carbocycles. The second-order valence-corrected chi connectivity index (χ2v) is 4.43. The lowest BCUT2D eigenvalue weighted by atomic mass is 10.1. The second-order valence-electron chi connectivity index (χ2n) is 4.43. The van der Waals surface area contributed by atoms with Crippen LogP contribution in [0.5, 0.6) is 0 Å². The van der Waals surface area contributed by atoms with Crippen LogP contribution in [-0.4, -0.2) is 29.1 Å². The van der Waals surface area contributed by atoms with Gasteiger partial charge in [0.25, 0.3) is 5.91 Å². The summed E-state index contributed by atoms with van der Waals surface area (Å²) < 4.78 is 26.9. The van der Waals surface area contributed by atoms with E-state index in [0.717, 1.165) is 12.8 Å². The summed E-state index contributed by atoms with van der Waals surface area (Å²) >= 11 is 0. The Labute approximate surface area is 119 Å². The Morgan fingerprint density at radius 3 is 2.48 bits per heavy atom. The lowest BCUT2D eigenvalue weighted by Gasteiger charge is -2.06. The zero-order valence-electron chi connectivity index (χ0n) is 11.3. The van der Waals surface area contributed by atoms with Crippen LogP contribution < -0.4 is 5.32 Å². The van der Waals surface area contributed by atoms with Crippen molar-refractivity contribution in [2.45, 2.75) is 25.7 Å². The maximum atomic E-state index is 13.6.